The Balaban J connectivity index is 2.28. The minimum absolute atomic E-state index is 0.267. The molecular formula is C20H24N2O3. The molecule has 25 heavy (non-hydrogen) atoms. The smallest absolute Gasteiger partial charge is 0.339 e. The number of rotatable bonds is 5. The summed E-state index contributed by atoms with van der Waals surface area (Å²) in [6.45, 7) is 9.87. The normalized spacial score (nSPS) is 10.6. The molecule has 1 N–H and O–H groups in total. The number of ether oxygens (including phenoxy) is 1. The van der Waals surface area contributed by atoms with Crippen LogP contribution < -0.4 is 5.32 Å². The van der Waals surface area contributed by atoms with Crippen molar-refractivity contribution < 1.29 is 14.3 Å². The van der Waals surface area contributed by atoms with Gasteiger partial charge in [-0.05, 0) is 49.9 Å². The molecule has 0 bridgehead atoms. The van der Waals surface area contributed by atoms with Crippen LogP contribution in [0, 0.1) is 13.8 Å². The summed E-state index contributed by atoms with van der Waals surface area (Å²) < 4.78 is 4.98. The monoisotopic (exact) mass is 340 g/mol. The van der Waals surface area contributed by atoms with Crippen LogP contribution in [0.3, 0.4) is 0 Å². The van der Waals surface area contributed by atoms with Crippen molar-refractivity contribution >= 4 is 17.6 Å². The second kappa shape index (κ2) is 7.92. The summed E-state index contributed by atoms with van der Waals surface area (Å²) in [4.78, 5) is 28.7. The van der Waals surface area contributed by atoms with Crippen molar-refractivity contribution in [3.63, 3.8) is 0 Å². The first-order chi connectivity index (χ1) is 11.8. The lowest BCUT2D eigenvalue weighted by Gasteiger charge is -2.16. The van der Waals surface area contributed by atoms with Crippen LogP contribution in [0.2, 0.25) is 0 Å². The molecule has 1 heterocycles. The van der Waals surface area contributed by atoms with Gasteiger partial charge in [0.15, 0.2) is 0 Å². The molecule has 0 fully saturated rings. The molecule has 0 aliphatic heterocycles. The molecule has 0 radical (unpaired) electrons. The number of nitrogens with zero attached hydrogens (tertiary/aromatic N) is 1. The summed E-state index contributed by atoms with van der Waals surface area (Å²) in [5.41, 5.74) is 4.00. The number of nitrogens with one attached hydrogen (secondary N) is 1. The predicted molar refractivity (Wildman–Crippen MR) is 98.2 cm³/mol. The number of pyridine rings is 1. The SMILES string of the molecule is CCOC(=O)c1ccc(C(=O)Nc2c(C)cccc2C(C)C)nc1C. The van der Waals surface area contributed by atoms with Crippen LogP contribution in [0.4, 0.5) is 5.69 Å². The number of anilines is 1. The van der Waals surface area contributed by atoms with E-state index in [-0.39, 0.29) is 17.5 Å². The van der Waals surface area contributed by atoms with Gasteiger partial charge in [0.25, 0.3) is 5.91 Å². The Bertz CT molecular complexity index is 798. The van der Waals surface area contributed by atoms with Gasteiger partial charge in [-0.1, -0.05) is 32.0 Å². The molecule has 0 atom stereocenters. The van der Waals surface area contributed by atoms with Gasteiger partial charge >= 0.3 is 5.97 Å². The Morgan fingerprint density at radius 3 is 2.48 bits per heavy atom. The van der Waals surface area contributed by atoms with Gasteiger partial charge in [0.2, 0.25) is 0 Å². The van der Waals surface area contributed by atoms with Crippen molar-refractivity contribution in [2.75, 3.05) is 11.9 Å². The standard InChI is InChI=1S/C20H24N2O3/c1-6-25-20(24)16-10-11-17(21-14(16)5)19(23)22-18-13(4)8-7-9-15(18)12(2)3/h7-12H,6H2,1-5H3,(H,22,23). The minimum atomic E-state index is -0.430. The zero-order valence-electron chi connectivity index (χ0n) is 15.3. The molecule has 2 aromatic rings. The highest BCUT2D eigenvalue weighted by Gasteiger charge is 2.17. The molecule has 0 aliphatic carbocycles. The van der Waals surface area contributed by atoms with Gasteiger partial charge in [0.05, 0.1) is 17.9 Å². The molecule has 132 valence electrons. The van der Waals surface area contributed by atoms with Crippen molar-refractivity contribution in [1.82, 2.24) is 4.98 Å². The summed E-state index contributed by atoms with van der Waals surface area (Å²) in [5.74, 6) is -0.439. The van der Waals surface area contributed by atoms with E-state index in [9.17, 15) is 9.59 Å². The van der Waals surface area contributed by atoms with Gasteiger partial charge in [-0.2, -0.15) is 0 Å². The Morgan fingerprint density at radius 1 is 1.16 bits per heavy atom. The van der Waals surface area contributed by atoms with E-state index in [1.165, 1.54) is 0 Å². The molecule has 0 saturated heterocycles. The summed E-state index contributed by atoms with van der Waals surface area (Å²) in [5, 5.41) is 2.96. The van der Waals surface area contributed by atoms with Crippen LogP contribution >= 0.6 is 0 Å². The minimum Gasteiger partial charge on any atom is -0.462 e. The van der Waals surface area contributed by atoms with Crippen LogP contribution in [0.1, 0.15) is 64.4 Å². The Morgan fingerprint density at radius 2 is 1.88 bits per heavy atom. The van der Waals surface area contributed by atoms with E-state index in [0.717, 1.165) is 16.8 Å². The second-order valence-corrected chi connectivity index (χ2v) is 6.20. The molecule has 0 spiro atoms. The summed E-state index contributed by atoms with van der Waals surface area (Å²) in [7, 11) is 0. The predicted octanol–water partition coefficient (Wildman–Crippen LogP) is 4.25. The number of amides is 1. The fourth-order valence-corrected chi connectivity index (χ4v) is 2.63. The third-order valence-corrected chi connectivity index (χ3v) is 3.98. The molecule has 1 aromatic carbocycles. The number of hydrogen-bond acceptors (Lipinski definition) is 4. The average molecular weight is 340 g/mol. The molecule has 0 aliphatic rings. The lowest BCUT2D eigenvalue weighted by Crippen LogP contribution is -2.18. The lowest BCUT2D eigenvalue weighted by molar-refractivity contribution is 0.0524. The van der Waals surface area contributed by atoms with Gasteiger partial charge in [-0.15, -0.1) is 0 Å². The number of aryl methyl sites for hydroxylation is 2. The third kappa shape index (κ3) is 4.24. The van der Waals surface area contributed by atoms with E-state index in [0.29, 0.717) is 17.9 Å². The van der Waals surface area contributed by atoms with Crippen LogP contribution in [0.25, 0.3) is 0 Å². The lowest BCUT2D eigenvalue weighted by atomic mass is 9.98. The van der Waals surface area contributed by atoms with E-state index < -0.39 is 5.97 Å². The van der Waals surface area contributed by atoms with Gasteiger partial charge < -0.3 is 10.1 Å². The molecule has 1 aromatic heterocycles. The second-order valence-electron chi connectivity index (χ2n) is 6.20. The first-order valence-electron chi connectivity index (χ1n) is 8.40. The van der Waals surface area contributed by atoms with Gasteiger partial charge in [0, 0.05) is 5.69 Å². The molecule has 1 amide bonds. The van der Waals surface area contributed by atoms with Gasteiger partial charge in [-0.25, -0.2) is 9.78 Å². The van der Waals surface area contributed by atoms with Crippen molar-refractivity contribution in [2.24, 2.45) is 0 Å². The van der Waals surface area contributed by atoms with Crippen molar-refractivity contribution in [2.45, 2.75) is 40.5 Å². The highest BCUT2D eigenvalue weighted by Crippen LogP contribution is 2.27. The number of aromatic nitrogens is 1. The molecule has 0 saturated carbocycles. The van der Waals surface area contributed by atoms with Crippen LogP contribution in [-0.4, -0.2) is 23.5 Å². The first-order valence-corrected chi connectivity index (χ1v) is 8.40. The number of benzene rings is 1. The molecule has 5 heteroatoms. The number of carbonyl (C=O) groups is 2. The molecular weight excluding hydrogens is 316 g/mol. The summed E-state index contributed by atoms with van der Waals surface area (Å²) in [6, 6.07) is 9.08. The van der Waals surface area contributed by atoms with Crippen LogP contribution in [0.15, 0.2) is 30.3 Å². The quantitative estimate of drug-likeness (QED) is 0.826. The summed E-state index contributed by atoms with van der Waals surface area (Å²) >= 11 is 0. The van der Waals surface area contributed by atoms with Gasteiger partial charge in [0.1, 0.15) is 5.69 Å². The maximum atomic E-state index is 12.6. The zero-order chi connectivity index (χ0) is 18.6. The fraction of sp³-hybridized carbons (Fsp3) is 0.350. The van der Waals surface area contributed by atoms with Crippen molar-refractivity contribution in [1.29, 1.82) is 0 Å². The highest BCUT2D eigenvalue weighted by molar-refractivity contribution is 6.04. The molecule has 2 rings (SSSR count). The third-order valence-electron chi connectivity index (χ3n) is 3.98. The number of hydrogen-bond donors (Lipinski definition) is 1. The van der Waals surface area contributed by atoms with E-state index in [4.69, 9.17) is 4.74 Å². The first kappa shape index (κ1) is 18.6. The zero-order valence-corrected chi connectivity index (χ0v) is 15.3. The van der Waals surface area contributed by atoms with Crippen LogP contribution in [0.5, 0.6) is 0 Å². The van der Waals surface area contributed by atoms with E-state index in [1.807, 2.05) is 25.1 Å². The Hall–Kier alpha value is -2.69. The average Bonchev–Trinajstić information content (AvgIpc) is 2.56. The Kier molecular flexibility index (Phi) is 5.91. The molecule has 0 unspecified atom stereocenters. The number of carbonyl (C=O) groups excluding carboxylic acids is 2. The topological polar surface area (TPSA) is 68.3 Å². The van der Waals surface area contributed by atoms with Crippen LogP contribution in [-0.2, 0) is 4.74 Å². The van der Waals surface area contributed by atoms with Crippen molar-refractivity contribution in [3.05, 3.63) is 58.4 Å². The summed E-state index contributed by atoms with van der Waals surface area (Å²) in [6.07, 6.45) is 0. The Labute approximate surface area is 148 Å². The van der Waals surface area contributed by atoms with E-state index in [2.05, 4.69) is 24.1 Å². The van der Waals surface area contributed by atoms with E-state index in [1.54, 1.807) is 26.0 Å². The molecule has 5 nitrogen and oxygen atoms in total. The largest absolute Gasteiger partial charge is 0.462 e. The number of para-hydroxylation sites is 1. The van der Waals surface area contributed by atoms with E-state index >= 15 is 0 Å². The number of esters is 1. The van der Waals surface area contributed by atoms with Gasteiger partial charge in [-0.3, -0.25) is 4.79 Å². The van der Waals surface area contributed by atoms with Crippen molar-refractivity contribution in [3.8, 4) is 0 Å². The highest BCUT2D eigenvalue weighted by atomic mass is 16.5. The maximum absolute atomic E-state index is 12.6. The maximum Gasteiger partial charge on any atom is 0.339 e. The fourth-order valence-electron chi connectivity index (χ4n) is 2.63.